The maximum atomic E-state index is 6.28. The Bertz CT molecular complexity index is 907. The molecule has 0 spiro atoms. The molecule has 4 aromatic rings. The Balaban J connectivity index is 2.38. The Kier molecular flexibility index (Phi) is 2.33. The van der Waals surface area contributed by atoms with E-state index in [9.17, 15) is 0 Å². The van der Waals surface area contributed by atoms with Gasteiger partial charge in [0, 0.05) is 15.5 Å². The molecule has 5 heteroatoms. The maximum Gasteiger partial charge on any atom is 0.147 e. The van der Waals surface area contributed by atoms with Crippen molar-refractivity contribution in [3.63, 3.8) is 0 Å². The summed E-state index contributed by atoms with van der Waals surface area (Å²) in [5.74, 6) is 0. The molecular weight excluding hydrogens is 305 g/mol. The third kappa shape index (κ3) is 1.42. The molecule has 3 heterocycles. The van der Waals surface area contributed by atoms with Gasteiger partial charge in [-0.1, -0.05) is 41.4 Å². The lowest BCUT2D eigenvalue weighted by molar-refractivity contribution is 1.45. The molecule has 18 heavy (non-hydrogen) atoms. The van der Waals surface area contributed by atoms with E-state index in [0.717, 1.165) is 19.9 Å². The van der Waals surface area contributed by atoms with E-state index in [1.165, 1.54) is 14.8 Å². The highest BCUT2D eigenvalue weighted by Gasteiger charge is 2.15. The van der Waals surface area contributed by atoms with Gasteiger partial charge in [0.05, 0.1) is 19.3 Å². The number of benzene rings is 1. The Morgan fingerprint density at radius 1 is 1.00 bits per heavy atom. The fourth-order valence-corrected chi connectivity index (χ4v) is 5.17. The standard InChI is InChI=1S/C13H5Cl2NS2/c14-9-5-8-11(18-9)10-6-3-1-2-4-7(6)16-13(15)12(10)17-8/h1-5H. The minimum absolute atomic E-state index is 0.577. The van der Waals surface area contributed by atoms with E-state index in [1.807, 2.05) is 24.3 Å². The van der Waals surface area contributed by atoms with Crippen LogP contribution in [-0.4, -0.2) is 4.98 Å². The topological polar surface area (TPSA) is 12.9 Å². The number of hydrogen-bond donors (Lipinski definition) is 0. The highest BCUT2D eigenvalue weighted by atomic mass is 35.5. The smallest absolute Gasteiger partial charge is 0.147 e. The fraction of sp³-hybridized carbons (Fsp3) is 0. The second-order valence-electron chi connectivity index (χ2n) is 3.97. The van der Waals surface area contributed by atoms with Gasteiger partial charge < -0.3 is 0 Å². The van der Waals surface area contributed by atoms with Crippen molar-refractivity contribution in [2.45, 2.75) is 0 Å². The zero-order chi connectivity index (χ0) is 12.3. The van der Waals surface area contributed by atoms with Crippen LogP contribution in [0.15, 0.2) is 30.3 Å². The minimum Gasteiger partial charge on any atom is -0.235 e. The lowest BCUT2D eigenvalue weighted by Crippen LogP contribution is -1.80. The van der Waals surface area contributed by atoms with Crippen LogP contribution < -0.4 is 0 Å². The van der Waals surface area contributed by atoms with Gasteiger partial charge in [-0.15, -0.1) is 22.7 Å². The van der Waals surface area contributed by atoms with Crippen molar-refractivity contribution in [2.24, 2.45) is 0 Å². The normalized spacial score (nSPS) is 11.9. The van der Waals surface area contributed by atoms with Gasteiger partial charge in [0.1, 0.15) is 5.15 Å². The van der Waals surface area contributed by atoms with Crippen molar-refractivity contribution < 1.29 is 0 Å². The monoisotopic (exact) mass is 309 g/mol. The zero-order valence-electron chi connectivity index (χ0n) is 8.91. The molecule has 0 N–H and O–H groups in total. The molecule has 0 fully saturated rings. The van der Waals surface area contributed by atoms with Crippen LogP contribution in [0.4, 0.5) is 0 Å². The van der Waals surface area contributed by atoms with Gasteiger partial charge in [-0.05, 0) is 12.1 Å². The summed E-state index contributed by atoms with van der Waals surface area (Å²) < 4.78 is 4.25. The lowest BCUT2D eigenvalue weighted by Gasteiger charge is -2.00. The molecule has 4 rings (SSSR count). The summed E-state index contributed by atoms with van der Waals surface area (Å²) in [5, 5.41) is 2.90. The van der Waals surface area contributed by atoms with E-state index in [2.05, 4.69) is 11.1 Å². The van der Waals surface area contributed by atoms with Crippen molar-refractivity contribution in [1.29, 1.82) is 0 Å². The Hall–Kier alpha value is -0.870. The van der Waals surface area contributed by atoms with Gasteiger partial charge in [-0.25, -0.2) is 4.98 Å². The number of fused-ring (bicyclic) bond motifs is 5. The summed E-state index contributed by atoms with van der Waals surface area (Å²) in [6.07, 6.45) is 0. The fourth-order valence-electron chi connectivity index (χ4n) is 2.19. The Morgan fingerprint density at radius 3 is 2.72 bits per heavy atom. The Labute approximate surface area is 121 Å². The number of rotatable bonds is 0. The number of aromatic nitrogens is 1. The first-order valence-electron chi connectivity index (χ1n) is 5.30. The molecule has 0 aliphatic heterocycles. The van der Waals surface area contributed by atoms with E-state index < -0.39 is 0 Å². The van der Waals surface area contributed by atoms with Gasteiger partial charge >= 0.3 is 0 Å². The molecule has 0 amide bonds. The molecule has 0 saturated heterocycles. The van der Waals surface area contributed by atoms with E-state index >= 15 is 0 Å². The summed E-state index contributed by atoms with van der Waals surface area (Å²) in [4.78, 5) is 4.45. The minimum atomic E-state index is 0.577. The predicted octanol–water partition coefficient (Wildman–Crippen LogP) is 5.97. The highest BCUT2D eigenvalue weighted by molar-refractivity contribution is 7.34. The molecule has 1 aromatic carbocycles. The van der Waals surface area contributed by atoms with Gasteiger partial charge in [0.2, 0.25) is 0 Å². The van der Waals surface area contributed by atoms with Crippen molar-refractivity contribution >= 4 is 76.3 Å². The molecule has 0 radical (unpaired) electrons. The quantitative estimate of drug-likeness (QED) is 0.365. The van der Waals surface area contributed by atoms with E-state index in [1.54, 1.807) is 22.7 Å². The number of nitrogens with zero attached hydrogens (tertiary/aromatic N) is 1. The van der Waals surface area contributed by atoms with Gasteiger partial charge in [0.25, 0.3) is 0 Å². The first-order valence-corrected chi connectivity index (χ1v) is 7.69. The molecule has 0 unspecified atom stereocenters. The van der Waals surface area contributed by atoms with Crippen LogP contribution in [0.1, 0.15) is 0 Å². The number of halogens is 2. The van der Waals surface area contributed by atoms with Crippen molar-refractivity contribution in [1.82, 2.24) is 4.98 Å². The van der Waals surface area contributed by atoms with E-state index in [4.69, 9.17) is 23.2 Å². The van der Waals surface area contributed by atoms with Crippen LogP contribution in [0.3, 0.4) is 0 Å². The van der Waals surface area contributed by atoms with E-state index in [-0.39, 0.29) is 0 Å². The summed E-state index contributed by atoms with van der Waals surface area (Å²) in [6, 6.07) is 10.1. The molecule has 1 nitrogen and oxygen atoms in total. The summed E-state index contributed by atoms with van der Waals surface area (Å²) in [6.45, 7) is 0. The van der Waals surface area contributed by atoms with Crippen LogP contribution in [-0.2, 0) is 0 Å². The van der Waals surface area contributed by atoms with Crippen molar-refractivity contribution in [3.8, 4) is 0 Å². The number of para-hydroxylation sites is 1. The maximum absolute atomic E-state index is 6.28. The lowest BCUT2D eigenvalue weighted by atomic mass is 10.1. The number of hydrogen-bond acceptors (Lipinski definition) is 3. The summed E-state index contributed by atoms with van der Waals surface area (Å²) in [7, 11) is 0. The summed E-state index contributed by atoms with van der Waals surface area (Å²) in [5.41, 5.74) is 0.930. The van der Waals surface area contributed by atoms with Gasteiger partial charge in [0.15, 0.2) is 0 Å². The third-order valence-corrected chi connectivity index (χ3v) is 5.85. The van der Waals surface area contributed by atoms with Crippen LogP contribution in [0, 0.1) is 0 Å². The van der Waals surface area contributed by atoms with Crippen LogP contribution in [0.2, 0.25) is 9.49 Å². The zero-order valence-corrected chi connectivity index (χ0v) is 12.1. The first kappa shape index (κ1) is 11.0. The van der Waals surface area contributed by atoms with Crippen molar-refractivity contribution in [3.05, 3.63) is 39.8 Å². The second kappa shape index (κ2) is 3.81. The molecule has 88 valence electrons. The summed E-state index contributed by atoms with van der Waals surface area (Å²) >= 11 is 15.6. The first-order chi connectivity index (χ1) is 8.74. The molecular formula is C13H5Cl2NS2. The average Bonchev–Trinajstić information content (AvgIpc) is 2.86. The van der Waals surface area contributed by atoms with Gasteiger partial charge in [-0.2, -0.15) is 0 Å². The molecule has 0 saturated carbocycles. The van der Waals surface area contributed by atoms with Crippen LogP contribution in [0.5, 0.6) is 0 Å². The SMILES string of the molecule is Clc1cc2sc3c(Cl)nc4ccccc4c3c2s1. The average molecular weight is 310 g/mol. The number of thiophene rings is 2. The Morgan fingerprint density at radius 2 is 1.83 bits per heavy atom. The van der Waals surface area contributed by atoms with Crippen molar-refractivity contribution in [2.75, 3.05) is 0 Å². The third-order valence-electron chi connectivity index (χ3n) is 2.91. The largest absolute Gasteiger partial charge is 0.235 e. The molecule has 3 aromatic heterocycles. The molecule has 0 aliphatic rings. The molecule has 0 atom stereocenters. The second-order valence-corrected chi connectivity index (χ2v) is 7.06. The van der Waals surface area contributed by atoms with Gasteiger partial charge in [-0.3, -0.25) is 0 Å². The highest BCUT2D eigenvalue weighted by Crippen LogP contribution is 2.45. The predicted molar refractivity (Wildman–Crippen MR) is 82.5 cm³/mol. The van der Waals surface area contributed by atoms with Crippen LogP contribution >= 0.6 is 45.9 Å². The number of pyridine rings is 1. The molecule has 0 aliphatic carbocycles. The van der Waals surface area contributed by atoms with E-state index in [0.29, 0.717) is 5.15 Å². The van der Waals surface area contributed by atoms with Crippen LogP contribution in [0.25, 0.3) is 30.4 Å². The molecule has 0 bridgehead atoms.